The molecule has 82 valence electrons. The third kappa shape index (κ3) is 4.42. The van der Waals surface area contributed by atoms with Gasteiger partial charge < -0.3 is 15.2 Å². The van der Waals surface area contributed by atoms with Gasteiger partial charge in [-0.25, -0.2) is 0 Å². The third-order valence-corrected chi connectivity index (χ3v) is 1.53. The molecule has 0 bridgehead atoms. The molecule has 0 aliphatic heterocycles. The van der Waals surface area contributed by atoms with Crippen molar-refractivity contribution in [3.63, 3.8) is 0 Å². The largest absolute Gasteiger partial charge is 0.592 e. The number of para-hydroxylation sites is 1. The number of hydrogen-bond acceptors (Lipinski definition) is 4. The van der Waals surface area contributed by atoms with Crippen molar-refractivity contribution in [1.29, 1.82) is 0 Å². The van der Waals surface area contributed by atoms with Gasteiger partial charge in [0.2, 0.25) is 11.0 Å². The maximum absolute atomic E-state index is 11.3. The van der Waals surface area contributed by atoms with Gasteiger partial charge in [0, 0.05) is 12.1 Å². The second-order valence-corrected chi connectivity index (χ2v) is 3.78. The van der Waals surface area contributed by atoms with E-state index in [1.807, 2.05) is 0 Å². The first-order chi connectivity index (χ1) is 6.99. The van der Waals surface area contributed by atoms with Crippen molar-refractivity contribution < 1.29 is 14.8 Å². The Labute approximate surface area is 88.2 Å². The molecular weight excluding hydrogens is 196 g/mol. The number of benzene rings is 1. The summed E-state index contributed by atoms with van der Waals surface area (Å²) in [5.74, 6) is 0. The number of aliphatic hydroxyl groups is 1. The summed E-state index contributed by atoms with van der Waals surface area (Å²) in [7, 11) is 0. The Bertz CT molecular complexity index is 330. The summed E-state index contributed by atoms with van der Waals surface area (Å²) in [4.78, 5) is 5.07. The number of hydrogen-bond donors (Lipinski definition) is 1. The summed E-state index contributed by atoms with van der Waals surface area (Å²) >= 11 is 0. The summed E-state index contributed by atoms with van der Waals surface area (Å²) in [6.45, 7) is 3.11. The second kappa shape index (κ2) is 4.75. The zero-order valence-corrected chi connectivity index (χ0v) is 8.75. The Morgan fingerprint density at radius 2 is 2.00 bits per heavy atom. The van der Waals surface area contributed by atoms with E-state index < -0.39 is 5.60 Å². The van der Waals surface area contributed by atoms with E-state index >= 15 is 0 Å². The van der Waals surface area contributed by atoms with Crippen molar-refractivity contribution in [1.82, 2.24) is 0 Å². The van der Waals surface area contributed by atoms with Gasteiger partial charge in [-0.3, -0.25) is 0 Å². The third-order valence-electron chi connectivity index (χ3n) is 1.53. The Morgan fingerprint density at radius 1 is 1.40 bits per heavy atom. The zero-order chi connectivity index (χ0) is 11.3. The Balaban J connectivity index is 2.54. The van der Waals surface area contributed by atoms with E-state index in [2.05, 4.69) is 5.28 Å². The maximum Gasteiger partial charge on any atom is 0.248 e. The van der Waals surface area contributed by atoms with E-state index in [1.165, 1.54) is 0 Å². The lowest BCUT2D eigenvalue weighted by Gasteiger charge is -2.12. The molecule has 0 saturated heterocycles. The quantitative estimate of drug-likeness (QED) is 0.469. The molecule has 0 unspecified atom stereocenters. The van der Waals surface area contributed by atoms with E-state index in [0.29, 0.717) is 10.5 Å². The summed E-state index contributed by atoms with van der Waals surface area (Å²) in [5.41, 5.74) is -0.616. The number of rotatable bonds is 4. The molecule has 0 aromatic heterocycles. The maximum atomic E-state index is 11.3. The first kappa shape index (κ1) is 11.5. The lowest BCUT2D eigenvalue weighted by Crippen LogP contribution is -2.25. The van der Waals surface area contributed by atoms with Crippen molar-refractivity contribution in [3.8, 4) is 0 Å². The average molecular weight is 210 g/mol. The highest BCUT2D eigenvalue weighted by molar-refractivity contribution is 5.27. The van der Waals surface area contributed by atoms with Crippen LogP contribution in [0.4, 0.5) is 5.69 Å². The molecule has 1 aromatic carbocycles. The fraction of sp³-hybridized carbons (Fsp3) is 0.400. The molecule has 0 fully saturated rings. The fourth-order valence-electron chi connectivity index (χ4n) is 0.842. The van der Waals surface area contributed by atoms with Crippen LogP contribution in [0.5, 0.6) is 0 Å². The summed E-state index contributed by atoms with van der Waals surface area (Å²) in [5, 5.41) is 23.9. The summed E-state index contributed by atoms with van der Waals surface area (Å²) in [6.07, 6.45) is 0. The molecule has 0 aliphatic rings. The number of nitrogens with zero attached hydrogens (tertiary/aromatic N) is 2. The molecule has 0 radical (unpaired) electrons. The monoisotopic (exact) mass is 210 g/mol. The predicted octanol–water partition coefficient (Wildman–Crippen LogP) is 1.98. The van der Waals surface area contributed by atoms with Crippen LogP contribution < -0.4 is 0 Å². The highest BCUT2D eigenvalue weighted by Gasteiger charge is 2.14. The first-order valence-electron chi connectivity index (χ1n) is 4.57. The SMILES string of the molecule is CC(C)(O)CO/N=[N+](\[O-])c1ccccc1. The molecular formula is C10H14N2O3. The lowest BCUT2D eigenvalue weighted by molar-refractivity contribution is -0.480. The van der Waals surface area contributed by atoms with Crippen molar-refractivity contribution in [2.45, 2.75) is 19.4 Å². The van der Waals surface area contributed by atoms with Crippen LogP contribution in [-0.2, 0) is 4.84 Å². The topological polar surface area (TPSA) is 67.9 Å². The van der Waals surface area contributed by atoms with Gasteiger partial charge in [-0.15, -0.1) is 0 Å². The molecule has 1 aromatic rings. The molecule has 0 amide bonds. The van der Waals surface area contributed by atoms with Gasteiger partial charge in [0.1, 0.15) is 0 Å². The molecule has 1 rings (SSSR count). The van der Waals surface area contributed by atoms with Crippen molar-refractivity contribution in [2.24, 2.45) is 5.28 Å². The molecule has 0 atom stereocenters. The standard InChI is InChI=1S/C10H14N2O3/c1-10(2,13)8-15-11-12(14)9-6-4-3-5-7-9/h3-7,13H,8H2,1-2H3/b12-11-. The second-order valence-electron chi connectivity index (χ2n) is 3.78. The molecule has 15 heavy (non-hydrogen) atoms. The van der Waals surface area contributed by atoms with E-state index in [9.17, 15) is 10.3 Å². The van der Waals surface area contributed by atoms with Gasteiger partial charge in [-0.2, -0.15) is 0 Å². The minimum Gasteiger partial charge on any atom is -0.592 e. The van der Waals surface area contributed by atoms with Crippen LogP contribution in [-0.4, -0.2) is 22.2 Å². The molecule has 5 heteroatoms. The predicted molar refractivity (Wildman–Crippen MR) is 54.4 cm³/mol. The van der Waals surface area contributed by atoms with Crippen LogP contribution >= 0.6 is 0 Å². The normalized spacial score (nSPS) is 12.6. The minimum atomic E-state index is -0.999. The first-order valence-corrected chi connectivity index (χ1v) is 4.57. The van der Waals surface area contributed by atoms with Crippen molar-refractivity contribution in [2.75, 3.05) is 6.61 Å². The lowest BCUT2D eigenvalue weighted by atomic mass is 10.2. The molecule has 5 nitrogen and oxygen atoms in total. The molecule has 0 heterocycles. The van der Waals surface area contributed by atoms with Crippen LogP contribution in [0.25, 0.3) is 0 Å². The van der Waals surface area contributed by atoms with Gasteiger partial charge >= 0.3 is 0 Å². The molecule has 0 saturated carbocycles. The zero-order valence-electron chi connectivity index (χ0n) is 8.75. The minimum absolute atomic E-state index is 0.0292. The van der Waals surface area contributed by atoms with Crippen LogP contribution in [0.1, 0.15) is 13.8 Å². The van der Waals surface area contributed by atoms with Gasteiger partial charge in [0.15, 0.2) is 6.61 Å². The van der Waals surface area contributed by atoms with Gasteiger partial charge in [0.25, 0.3) is 0 Å². The van der Waals surface area contributed by atoms with E-state index in [-0.39, 0.29) is 6.61 Å². The molecule has 1 N–H and O–H groups in total. The van der Waals surface area contributed by atoms with Crippen LogP contribution in [0.3, 0.4) is 0 Å². The Hall–Kier alpha value is -1.62. The Morgan fingerprint density at radius 3 is 2.53 bits per heavy atom. The highest BCUT2D eigenvalue weighted by atomic mass is 16.7. The fourth-order valence-corrected chi connectivity index (χ4v) is 0.842. The van der Waals surface area contributed by atoms with E-state index in [4.69, 9.17) is 4.84 Å². The van der Waals surface area contributed by atoms with Gasteiger partial charge in [-0.1, -0.05) is 18.2 Å². The van der Waals surface area contributed by atoms with Crippen molar-refractivity contribution in [3.05, 3.63) is 35.5 Å². The van der Waals surface area contributed by atoms with Crippen LogP contribution in [0.15, 0.2) is 35.6 Å². The van der Waals surface area contributed by atoms with Gasteiger partial charge in [-0.05, 0) is 18.7 Å². The van der Waals surface area contributed by atoms with Crippen LogP contribution in [0.2, 0.25) is 0 Å². The smallest absolute Gasteiger partial charge is 0.248 e. The highest BCUT2D eigenvalue weighted by Crippen LogP contribution is 2.10. The van der Waals surface area contributed by atoms with Crippen molar-refractivity contribution >= 4 is 5.69 Å². The van der Waals surface area contributed by atoms with Gasteiger partial charge in [0.05, 0.1) is 5.60 Å². The van der Waals surface area contributed by atoms with Crippen LogP contribution in [0, 0.1) is 5.21 Å². The Kier molecular flexibility index (Phi) is 3.62. The molecule has 0 spiro atoms. The molecule has 0 aliphatic carbocycles. The van der Waals surface area contributed by atoms with E-state index in [1.54, 1.807) is 44.2 Å². The van der Waals surface area contributed by atoms with E-state index in [0.717, 1.165) is 0 Å². The summed E-state index contributed by atoms with van der Waals surface area (Å²) < 4.78 is 0. The summed E-state index contributed by atoms with van der Waals surface area (Å²) in [6, 6.07) is 8.49. The average Bonchev–Trinajstić information content (AvgIpc) is 2.17.